The lowest BCUT2D eigenvalue weighted by Crippen LogP contribution is -2.47. The second-order valence-electron chi connectivity index (χ2n) is 5.23. The van der Waals surface area contributed by atoms with E-state index >= 15 is 0 Å². The van der Waals surface area contributed by atoms with Crippen LogP contribution in [0.5, 0.6) is 0 Å². The number of ether oxygens (including phenoxy) is 1. The molecule has 5 N–H and O–H groups in total. The minimum absolute atomic E-state index is 0.304. The molecule has 2 aliphatic heterocycles. The number of aliphatic hydroxyl groups excluding tert-OH is 2. The third-order valence-corrected chi connectivity index (χ3v) is 3.91. The monoisotopic (exact) mass is 280 g/mol. The van der Waals surface area contributed by atoms with Gasteiger partial charge in [0.25, 0.3) is 0 Å². The van der Waals surface area contributed by atoms with Gasteiger partial charge in [-0.25, -0.2) is 9.97 Å². The van der Waals surface area contributed by atoms with Crippen molar-refractivity contribution in [3.63, 3.8) is 0 Å². The molecule has 8 heteroatoms. The van der Waals surface area contributed by atoms with Crippen LogP contribution in [0.1, 0.15) is 24.2 Å². The van der Waals surface area contributed by atoms with Crippen molar-refractivity contribution in [2.75, 3.05) is 12.3 Å². The highest BCUT2D eigenvalue weighted by Gasteiger charge is 2.56. The minimum atomic E-state index is -1.54. The van der Waals surface area contributed by atoms with E-state index in [4.69, 9.17) is 10.5 Å². The molecule has 108 valence electrons. The summed E-state index contributed by atoms with van der Waals surface area (Å²) in [6, 6.07) is -0.587. The molecule has 0 saturated carbocycles. The first-order chi connectivity index (χ1) is 9.46. The average molecular weight is 280 g/mol. The van der Waals surface area contributed by atoms with E-state index in [0.29, 0.717) is 17.1 Å². The molecule has 0 aromatic carbocycles. The van der Waals surface area contributed by atoms with Crippen LogP contribution < -0.4 is 5.73 Å². The lowest BCUT2D eigenvalue weighted by atomic mass is 9.88. The molecule has 3 rings (SSSR count). The molecule has 8 nitrogen and oxygen atoms in total. The van der Waals surface area contributed by atoms with Crippen LogP contribution in [0.4, 0.5) is 5.82 Å². The molecule has 0 aliphatic carbocycles. The number of fused-ring (bicyclic) bond motifs is 1. The van der Waals surface area contributed by atoms with Gasteiger partial charge in [-0.15, -0.1) is 0 Å². The summed E-state index contributed by atoms with van der Waals surface area (Å²) < 4.78 is 5.55. The standard InChI is InChI=1S/C12H16N4O4/c1-12(19)9(18)6(3-17)20-10(12)8-7-5(2-14-8)11(13)16-4-15-7/h2,4,6,8-10,17-19H,3H2,1H3,(H2,13,15,16)/t6-,8?,9-,10+,12-/m1/s1. The first-order valence-electron chi connectivity index (χ1n) is 6.27. The number of nitrogen functional groups attached to an aromatic ring is 1. The summed E-state index contributed by atoms with van der Waals surface area (Å²) in [7, 11) is 0. The van der Waals surface area contributed by atoms with Crippen LogP contribution in [0.25, 0.3) is 0 Å². The summed E-state index contributed by atoms with van der Waals surface area (Å²) in [4.78, 5) is 12.3. The second kappa shape index (κ2) is 4.45. The second-order valence-corrected chi connectivity index (χ2v) is 5.23. The van der Waals surface area contributed by atoms with Gasteiger partial charge in [0.1, 0.15) is 42.1 Å². The normalized spacial score (nSPS) is 39.2. The molecule has 1 aromatic rings. The Morgan fingerprint density at radius 2 is 2.20 bits per heavy atom. The summed E-state index contributed by atoms with van der Waals surface area (Å²) in [5, 5.41) is 29.6. The molecule has 0 bridgehead atoms. The fraction of sp³-hybridized carbons (Fsp3) is 0.583. The van der Waals surface area contributed by atoms with E-state index in [0.717, 1.165) is 0 Å². The Morgan fingerprint density at radius 1 is 1.45 bits per heavy atom. The van der Waals surface area contributed by atoms with Crippen molar-refractivity contribution < 1.29 is 20.1 Å². The Hall–Kier alpha value is -1.61. The zero-order valence-electron chi connectivity index (χ0n) is 10.8. The molecule has 1 unspecified atom stereocenters. The summed E-state index contributed by atoms with van der Waals surface area (Å²) in [5.41, 5.74) is 5.35. The van der Waals surface area contributed by atoms with Gasteiger partial charge in [-0.05, 0) is 6.92 Å². The lowest BCUT2D eigenvalue weighted by molar-refractivity contribution is -0.0714. The average Bonchev–Trinajstić information content (AvgIpc) is 2.92. The zero-order chi connectivity index (χ0) is 14.5. The molecular formula is C12H16N4O4. The van der Waals surface area contributed by atoms with E-state index < -0.39 is 30.0 Å². The number of aliphatic imine (C=N–C) groups is 1. The smallest absolute Gasteiger partial charge is 0.135 e. The highest BCUT2D eigenvalue weighted by molar-refractivity contribution is 5.89. The first kappa shape index (κ1) is 13.4. The van der Waals surface area contributed by atoms with Crippen molar-refractivity contribution in [3.05, 3.63) is 17.6 Å². The van der Waals surface area contributed by atoms with Crippen molar-refractivity contribution in [1.29, 1.82) is 0 Å². The highest BCUT2D eigenvalue weighted by atomic mass is 16.6. The fourth-order valence-electron chi connectivity index (χ4n) is 2.72. The van der Waals surface area contributed by atoms with Crippen LogP contribution in [0.15, 0.2) is 11.3 Å². The highest BCUT2D eigenvalue weighted by Crippen LogP contribution is 2.42. The molecular weight excluding hydrogens is 264 g/mol. The summed E-state index contributed by atoms with van der Waals surface area (Å²) in [6.45, 7) is 1.07. The quantitative estimate of drug-likeness (QED) is 0.512. The summed E-state index contributed by atoms with van der Waals surface area (Å²) in [6.07, 6.45) is -0.0156. The van der Waals surface area contributed by atoms with Gasteiger partial charge in [0.15, 0.2) is 0 Å². The van der Waals surface area contributed by atoms with Gasteiger partial charge in [0.2, 0.25) is 0 Å². The number of hydrogen-bond acceptors (Lipinski definition) is 8. The van der Waals surface area contributed by atoms with E-state index in [1.807, 2.05) is 0 Å². The third-order valence-electron chi connectivity index (χ3n) is 3.91. The van der Waals surface area contributed by atoms with E-state index in [9.17, 15) is 15.3 Å². The van der Waals surface area contributed by atoms with Gasteiger partial charge < -0.3 is 25.8 Å². The number of aliphatic hydroxyl groups is 3. The molecule has 1 aromatic heterocycles. The molecule has 20 heavy (non-hydrogen) atoms. The van der Waals surface area contributed by atoms with E-state index in [-0.39, 0.29) is 6.61 Å². The van der Waals surface area contributed by atoms with Gasteiger partial charge in [-0.3, -0.25) is 4.99 Å². The third kappa shape index (κ3) is 1.73. The number of nitrogens with zero attached hydrogens (tertiary/aromatic N) is 3. The Labute approximate surface area is 115 Å². The Kier molecular flexibility index (Phi) is 2.98. The molecule has 2 aliphatic rings. The predicted molar refractivity (Wildman–Crippen MR) is 69.2 cm³/mol. The number of nitrogens with two attached hydrogens (primary N) is 1. The molecule has 0 radical (unpaired) electrons. The molecule has 1 fully saturated rings. The van der Waals surface area contributed by atoms with Gasteiger partial charge in [-0.2, -0.15) is 0 Å². The van der Waals surface area contributed by atoms with Gasteiger partial charge in [0, 0.05) is 6.21 Å². The maximum Gasteiger partial charge on any atom is 0.135 e. The van der Waals surface area contributed by atoms with Crippen molar-refractivity contribution in [1.82, 2.24) is 9.97 Å². The molecule has 1 saturated heterocycles. The Balaban J connectivity index is 1.97. The Morgan fingerprint density at radius 3 is 2.85 bits per heavy atom. The van der Waals surface area contributed by atoms with Crippen molar-refractivity contribution in [2.24, 2.45) is 4.99 Å². The largest absolute Gasteiger partial charge is 0.394 e. The van der Waals surface area contributed by atoms with Crippen LogP contribution in [-0.4, -0.2) is 62.0 Å². The number of anilines is 1. The van der Waals surface area contributed by atoms with Gasteiger partial charge in [-0.1, -0.05) is 0 Å². The molecule has 0 spiro atoms. The van der Waals surface area contributed by atoms with Crippen LogP contribution in [0.2, 0.25) is 0 Å². The summed E-state index contributed by atoms with van der Waals surface area (Å²) >= 11 is 0. The first-order valence-corrected chi connectivity index (χ1v) is 6.27. The topological polar surface area (TPSA) is 134 Å². The number of rotatable bonds is 2. The van der Waals surface area contributed by atoms with Crippen LogP contribution in [0.3, 0.4) is 0 Å². The maximum absolute atomic E-state index is 10.4. The van der Waals surface area contributed by atoms with E-state index in [2.05, 4.69) is 15.0 Å². The van der Waals surface area contributed by atoms with Gasteiger partial charge in [0.05, 0.1) is 17.9 Å². The number of aromatic nitrogens is 2. The molecule has 5 atom stereocenters. The van der Waals surface area contributed by atoms with Crippen molar-refractivity contribution in [3.8, 4) is 0 Å². The zero-order valence-corrected chi connectivity index (χ0v) is 10.8. The summed E-state index contributed by atoms with van der Waals surface area (Å²) in [5.74, 6) is 0.304. The van der Waals surface area contributed by atoms with Crippen LogP contribution >= 0.6 is 0 Å². The van der Waals surface area contributed by atoms with E-state index in [1.54, 1.807) is 0 Å². The molecule has 3 heterocycles. The van der Waals surface area contributed by atoms with E-state index in [1.165, 1.54) is 19.5 Å². The molecule has 0 amide bonds. The van der Waals surface area contributed by atoms with Crippen molar-refractivity contribution >= 4 is 12.0 Å². The Bertz CT molecular complexity index is 562. The minimum Gasteiger partial charge on any atom is -0.394 e. The lowest BCUT2D eigenvalue weighted by Gasteiger charge is -2.29. The van der Waals surface area contributed by atoms with Crippen LogP contribution in [-0.2, 0) is 4.74 Å². The fourth-order valence-corrected chi connectivity index (χ4v) is 2.72. The maximum atomic E-state index is 10.4. The van der Waals surface area contributed by atoms with Crippen molar-refractivity contribution in [2.45, 2.75) is 36.9 Å². The van der Waals surface area contributed by atoms with Gasteiger partial charge >= 0.3 is 0 Å². The SMILES string of the molecule is C[C@@]1(O)[C@H](O)[C@@H](CO)O[C@H]1C1N=Cc2c(N)ncnc21. The number of hydrogen-bond donors (Lipinski definition) is 4. The predicted octanol–water partition coefficient (Wildman–Crippen LogP) is -1.60. The van der Waals surface area contributed by atoms with Crippen LogP contribution in [0, 0.1) is 0 Å².